The average molecular weight is 166 g/mol. The van der Waals surface area contributed by atoms with E-state index < -0.39 is 0 Å². The molecule has 1 aromatic heterocycles. The predicted molar refractivity (Wildman–Crippen MR) is 51.4 cm³/mol. The van der Waals surface area contributed by atoms with Gasteiger partial charge in [0, 0.05) is 0 Å². The first-order valence-electron chi connectivity index (χ1n) is 3.72. The van der Waals surface area contributed by atoms with Gasteiger partial charge in [0.05, 0.1) is 4.88 Å². The molecule has 0 spiro atoms. The summed E-state index contributed by atoms with van der Waals surface area (Å²) < 4.78 is 1.29. The van der Waals surface area contributed by atoms with E-state index in [0.29, 0.717) is 6.71 Å². The Labute approximate surface area is 71.5 Å². The molecular formula is C8H11BOS. The molecule has 0 N–H and O–H groups in total. The van der Waals surface area contributed by atoms with Crippen LogP contribution >= 0.6 is 11.3 Å². The molecule has 3 heteroatoms. The zero-order valence-electron chi connectivity index (χ0n) is 7.05. The van der Waals surface area contributed by atoms with Crippen molar-refractivity contribution in [3.63, 3.8) is 0 Å². The first-order chi connectivity index (χ1) is 5.11. The van der Waals surface area contributed by atoms with Crippen LogP contribution < -0.4 is 4.78 Å². The van der Waals surface area contributed by atoms with Crippen LogP contribution in [0.4, 0.5) is 0 Å². The van der Waals surface area contributed by atoms with Crippen LogP contribution in [-0.2, 0) is 0 Å². The van der Waals surface area contributed by atoms with Gasteiger partial charge in [-0.2, -0.15) is 0 Å². The average Bonchev–Trinajstić information content (AvgIpc) is 2.33. The minimum atomic E-state index is 0.168. The van der Waals surface area contributed by atoms with Gasteiger partial charge in [-0.1, -0.05) is 19.7 Å². The number of ketones is 1. The lowest BCUT2D eigenvalue weighted by atomic mass is 9.54. The lowest BCUT2D eigenvalue weighted by molar-refractivity contribution is 0.102. The Bertz CT molecular complexity index is 265. The van der Waals surface area contributed by atoms with E-state index in [4.69, 9.17) is 0 Å². The molecule has 1 heterocycles. The smallest absolute Gasteiger partial charge is 0.182 e. The summed E-state index contributed by atoms with van der Waals surface area (Å²) in [5.74, 6) is 0.168. The summed E-state index contributed by atoms with van der Waals surface area (Å²) in [7, 11) is 0. The molecular weight excluding hydrogens is 155 g/mol. The summed E-state index contributed by atoms with van der Waals surface area (Å²) in [6, 6.07) is 3.94. The maximum atomic E-state index is 10.9. The highest BCUT2D eigenvalue weighted by atomic mass is 32.1. The van der Waals surface area contributed by atoms with Gasteiger partial charge in [-0.05, 0) is 17.8 Å². The predicted octanol–water partition coefficient (Wildman–Crippen LogP) is 1.91. The monoisotopic (exact) mass is 166 g/mol. The molecule has 0 aliphatic heterocycles. The molecule has 0 saturated heterocycles. The number of rotatable bonds is 2. The normalized spacial score (nSPS) is 9.73. The Morgan fingerprint density at radius 1 is 1.45 bits per heavy atom. The molecule has 1 aromatic rings. The molecule has 0 unspecified atom stereocenters. The van der Waals surface area contributed by atoms with Crippen molar-refractivity contribution in [2.75, 3.05) is 0 Å². The number of Topliss-reactive ketones (excluding diaryl/α,β-unsaturated/α-hetero) is 1. The summed E-state index contributed by atoms with van der Waals surface area (Å²) in [6.07, 6.45) is 0. The second-order valence-electron chi connectivity index (χ2n) is 2.91. The van der Waals surface area contributed by atoms with Gasteiger partial charge < -0.3 is 0 Å². The van der Waals surface area contributed by atoms with Gasteiger partial charge >= 0.3 is 0 Å². The van der Waals surface area contributed by atoms with Crippen molar-refractivity contribution in [1.29, 1.82) is 0 Å². The van der Waals surface area contributed by atoms with Crippen LogP contribution in [0.5, 0.6) is 0 Å². The van der Waals surface area contributed by atoms with E-state index in [9.17, 15) is 4.79 Å². The van der Waals surface area contributed by atoms with E-state index in [-0.39, 0.29) is 5.78 Å². The highest BCUT2D eigenvalue weighted by Crippen LogP contribution is 2.08. The minimum Gasteiger partial charge on any atom is -0.294 e. The molecule has 1 rings (SSSR count). The SMILES string of the molecule is CB(C)c1ccc(C(C)=O)s1. The first kappa shape index (κ1) is 8.53. The van der Waals surface area contributed by atoms with E-state index >= 15 is 0 Å². The van der Waals surface area contributed by atoms with Crippen molar-refractivity contribution in [1.82, 2.24) is 0 Å². The van der Waals surface area contributed by atoms with Gasteiger partial charge in [0.15, 0.2) is 12.5 Å². The molecule has 0 aliphatic carbocycles. The molecule has 0 radical (unpaired) electrons. The topological polar surface area (TPSA) is 17.1 Å². The zero-order valence-corrected chi connectivity index (χ0v) is 7.87. The lowest BCUT2D eigenvalue weighted by Crippen LogP contribution is -2.17. The fourth-order valence-corrected chi connectivity index (χ4v) is 1.76. The van der Waals surface area contributed by atoms with E-state index in [0.717, 1.165) is 4.88 Å². The molecule has 0 aliphatic rings. The Morgan fingerprint density at radius 3 is 2.36 bits per heavy atom. The molecule has 0 amide bonds. The van der Waals surface area contributed by atoms with Gasteiger partial charge in [-0.15, -0.1) is 11.3 Å². The Balaban J connectivity index is 2.90. The van der Waals surface area contributed by atoms with Crippen molar-refractivity contribution in [2.24, 2.45) is 0 Å². The Hall–Kier alpha value is -0.565. The van der Waals surface area contributed by atoms with Crippen molar-refractivity contribution >= 4 is 28.6 Å². The maximum Gasteiger partial charge on any atom is 0.182 e. The number of carbonyl (C=O) groups excluding carboxylic acids is 1. The third-order valence-corrected chi connectivity index (χ3v) is 3.03. The summed E-state index contributed by atoms with van der Waals surface area (Å²) >= 11 is 1.60. The van der Waals surface area contributed by atoms with Crippen LogP contribution in [0.25, 0.3) is 0 Å². The minimum absolute atomic E-state index is 0.168. The highest BCUT2D eigenvalue weighted by Gasteiger charge is 2.08. The second kappa shape index (κ2) is 3.22. The van der Waals surface area contributed by atoms with Crippen molar-refractivity contribution in [3.05, 3.63) is 17.0 Å². The number of hydrogen-bond acceptors (Lipinski definition) is 2. The van der Waals surface area contributed by atoms with Crippen LogP contribution in [-0.4, -0.2) is 12.5 Å². The Kier molecular flexibility index (Phi) is 2.50. The van der Waals surface area contributed by atoms with Crippen molar-refractivity contribution < 1.29 is 4.79 Å². The van der Waals surface area contributed by atoms with Gasteiger partial charge in [0.2, 0.25) is 0 Å². The third kappa shape index (κ3) is 1.93. The molecule has 0 bridgehead atoms. The highest BCUT2D eigenvalue weighted by molar-refractivity contribution is 7.24. The fraction of sp³-hybridized carbons (Fsp3) is 0.375. The van der Waals surface area contributed by atoms with Gasteiger partial charge in [0.1, 0.15) is 0 Å². The maximum absolute atomic E-state index is 10.9. The van der Waals surface area contributed by atoms with E-state index in [2.05, 4.69) is 13.6 Å². The standard InChI is InChI=1S/C8H11BOS/c1-6(10)7-4-5-8(11-7)9(2)3/h4-5H,1-3H3. The first-order valence-corrected chi connectivity index (χ1v) is 4.53. The number of thiophene rings is 1. The van der Waals surface area contributed by atoms with Crippen LogP contribution in [0.1, 0.15) is 16.6 Å². The van der Waals surface area contributed by atoms with Crippen LogP contribution in [0, 0.1) is 0 Å². The van der Waals surface area contributed by atoms with Crippen LogP contribution in [0.15, 0.2) is 12.1 Å². The van der Waals surface area contributed by atoms with Crippen LogP contribution in [0.2, 0.25) is 13.6 Å². The molecule has 0 saturated carbocycles. The summed E-state index contributed by atoms with van der Waals surface area (Å²) in [5, 5.41) is 0. The number of hydrogen-bond donors (Lipinski definition) is 0. The van der Waals surface area contributed by atoms with E-state index in [1.807, 2.05) is 12.1 Å². The van der Waals surface area contributed by atoms with Crippen molar-refractivity contribution in [2.45, 2.75) is 20.6 Å². The molecule has 11 heavy (non-hydrogen) atoms. The summed E-state index contributed by atoms with van der Waals surface area (Å²) in [5.41, 5.74) is 0. The zero-order chi connectivity index (χ0) is 8.43. The number of carbonyl (C=O) groups is 1. The molecule has 0 fully saturated rings. The summed E-state index contributed by atoms with van der Waals surface area (Å²) in [6.45, 7) is 6.41. The molecule has 58 valence electrons. The van der Waals surface area contributed by atoms with Crippen molar-refractivity contribution in [3.8, 4) is 0 Å². The molecule has 0 atom stereocenters. The summed E-state index contributed by atoms with van der Waals surface area (Å²) in [4.78, 5) is 11.8. The lowest BCUT2D eigenvalue weighted by Gasteiger charge is -1.92. The fourth-order valence-electron chi connectivity index (χ4n) is 0.852. The van der Waals surface area contributed by atoms with Crippen LogP contribution in [0.3, 0.4) is 0 Å². The Morgan fingerprint density at radius 2 is 2.09 bits per heavy atom. The van der Waals surface area contributed by atoms with E-state index in [1.165, 1.54) is 4.78 Å². The van der Waals surface area contributed by atoms with Gasteiger partial charge in [0.25, 0.3) is 0 Å². The molecule has 1 nitrogen and oxygen atoms in total. The van der Waals surface area contributed by atoms with E-state index in [1.54, 1.807) is 18.3 Å². The van der Waals surface area contributed by atoms with Gasteiger partial charge in [-0.3, -0.25) is 4.79 Å². The quantitative estimate of drug-likeness (QED) is 0.484. The molecule has 0 aromatic carbocycles. The van der Waals surface area contributed by atoms with Gasteiger partial charge in [-0.25, -0.2) is 0 Å². The third-order valence-electron chi connectivity index (χ3n) is 1.54. The second-order valence-corrected chi connectivity index (χ2v) is 4.03. The largest absolute Gasteiger partial charge is 0.294 e.